The number of carboxylic acid groups (broad SMARTS) is 1. The number of fused-ring (bicyclic) bond motifs is 2. The van der Waals surface area contributed by atoms with Gasteiger partial charge in [0.15, 0.2) is 11.3 Å². The number of carbonyl (C=O) groups excluding carboxylic acids is 1. The molecular formula is C43H46N4O16PS+. The Kier molecular flexibility index (Phi) is 14.5. The van der Waals surface area contributed by atoms with E-state index in [4.69, 9.17) is 22.7 Å². The molecule has 4 atom stereocenters. The highest BCUT2D eigenvalue weighted by atomic mass is 32.2. The molecule has 65 heavy (non-hydrogen) atoms. The highest BCUT2D eigenvalue weighted by molar-refractivity contribution is 7.99. The number of carbonyl (C=O) groups is 2. The number of aryl methyl sites for hydroxylation is 1. The van der Waals surface area contributed by atoms with Crippen LogP contribution < -0.4 is 22.0 Å². The van der Waals surface area contributed by atoms with Gasteiger partial charge >= 0.3 is 19.8 Å². The van der Waals surface area contributed by atoms with Gasteiger partial charge in [0, 0.05) is 77.3 Å². The zero-order valence-corrected chi connectivity index (χ0v) is 36.7. The zero-order valence-electron chi connectivity index (χ0n) is 35.0. The number of nitrogens with zero attached hydrogens (tertiary/aromatic N) is 2. The predicted octanol–water partition coefficient (Wildman–Crippen LogP) is 5.33. The number of aromatic amines is 1. The summed E-state index contributed by atoms with van der Waals surface area (Å²) in [6.45, 7) is 1.32. The number of aromatic carboxylic acids is 1. The number of rotatable bonds is 19. The summed E-state index contributed by atoms with van der Waals surface area (Å²) >= 11 is 1.13. The van der Waals surface area contributed by atoms with Crippen LogP contribution in [0.1, 0.15) is 54.3 Å². The molecule has 20 nitrogen and oxygen atoms in total. The molecule has 2 aromatic heterocycles. The van der Waals surface area contributed by atoms with E-state index in [0.29, 0.717) is 46.2 Å². The molecule has 1 fully saturated rings. The second-order valence-electron chi connectivity index (χ2n) is 15.1. The van der Waals surface area contributed by atoms with Crippen molar-refractivity contribution in [1.29, 1.82) is 0 Å². The normalized spacial score (nSPS) is 17.1. The maximum atomic E-state index is 12.9. The van der Waals surface area contributed by atoms with Crippen LogP contribution in [-0.2, 0) is 29.6 Å². The summed E-state index contributed by atoms with van der Waals surface area (Å²) in [4.78, 5) is 74.9. The Morgan fingerprint density at radius 1 is 0.985 bits per heavy atom. The summed E-state index contributed by atoms with van der Waals surface area (Å²) in [5.41, 5.74) is 0.410. The van der Waals surface area contributed by atoms with Gasteiger partial charge in [0.2, 0.25) is 11.8 Å². The first-order chi connectivity index (χ1) is 31.0. The number of ether oxygens (including phenoxy) is 1. The van der Waals surface area contributed by atoms with Crippen LogP contribution in [0.25, 0.3) is 33.4 Å². The van der Waals surface area contributed by atoms with Crippen molar-refractivity contribution in [1.82, 2.24) is 14.1 Å². The quantitative estimate of drug-likeness (QED) is 0.0220. The van der Waals surface area contributed by atoms with E-state index in [0.717, 1.165) is 16.3 Å². The van der Waals surface area contributed by atoms with E-state index in [2.05, 4.69) is 10.3 Å². The standard InChI is InChI=1S/C43H45N4O16PS/c1-23-21-47(43(57)45-40(23)53)38-19-31(50)34(63-38)22-61-64(58,59-2)60-14-15-65-35-20-37(52)46(41(35)54)13-5-3-4-6-36(51)44-24-7-10-27(30(16-24)42(55)56)39-28-11-8-25(48)17-32(28)62-33-18-26(49)9-12-29(33)39/h7-12,16-18,20-21,31,34,38,50,58H,3-6,13-15,19,22H2,1-2H3,(H5-,44,45,48,49,51,52,53,54,55,56,57)/p+1/t31?,34-,38-,64?/m1/s1. The Bertz CT molecular complexity index is 2880. The van der Waals surface area contributed by atoms with Crippen LogP contribution in [0.5, 0.6) is 17.5 Å². The maximum Gasteiger partial charge on any atom is 0.572 e. The van der Waals surface area contributed by atoms with Crippen molar-refractivity contribution in [3.63, 3.8) is 0 Å². The zero-order chi connectivity index (χ0) is 46.6. The van der Waals surface area contributed by atoms with Crippen molar-refractivity contribution >= 4 is 48.5 Å². The Labute approximate surface area is 373 Å². The molecule has 22 heteroatoms. The Morgan fingerprint density at radius 3 is 2.54 bits per heavy atom. The molecule has 2 aliphatic heterocycles. The van der Waals surface area contributed by atoms with Gasteiger partial charge in [-0.25, -0.2) is 9.59 Å². The summed E-state index contributed by atoms with van der Waals surface area (Å²) in [7, 11) is -2.70. The van der Waals surface area contributed by atoms with E-state index in [1.54, 1.807) is 24.3 Å². The lowest BCUT2D eigenvalue weighted by atomic mass is 9.90. The molecule has 3 aliphatic rings. The summed E-state index contributed by atoms with van der Waals surface area (Å²) in [5.74, 6) is -1.64. The largest absolute Gasteiger partial charge is 0.572 e. The van der Waals surface area contributed by atoms with Crippen LogP contribution in [0.4, 0.5) is 5.69 Å². The summed E-state index contributed by atoms with van der Waals surface area (Å²) in [6, 6.07) is 14.5. The van der Waals surface area contributed by atoms with Gasteiger partial charge in [0.25, 0.3) is 5.56 Å². The molecule has 2 aromatic carbocycles. The number of carboxylic acids is 1. The molecule has 1 saturated heterocycles. The number of unbranched alkanes of at least 4 members (excludes halogenated alkanes) is 2. The maximum absolute atomic E-state index is 12.9. The number of hydrogen-bond acceptors (Lipinski definition) is 16. The molecule has 1 amide bonds. The number of aliphatic hydroxyl groups is 1. The third-order valence-corrected chi connectivity index (χ3v) is 13.1. The van der Waals surface area contributed by atoms with Crippen LogP contribution in [0.2, 0.25) is 0 Å². The topological polar surface area (TPSA) is 294 Å². The molecule has 4 aromatic rings. The van der Waals surface area contributed by atoms with Gasteiger partial charge < -0.3 is 40.0 Å². The van der Waals surface area contributed by atoms with Crippen LogP contribution in [0.3, 0.4) is 0 Å². The Morgan fingerprint density at radius 2 is 1.77 bits per heavy atom. The minimum Gasteiger partial charge on any atom is -0.508 e. The lowest BCUT2D eigenvalue weighted by Gasteiger charge is -2.18. The summed E-state index contributed by atoms with van der Waals surface area (Å²) in [5, 5.41) is 55.4. The third kappa shape index (κ3) is 10.8. The van der Waals surface area contributed by atoms with Crippen LogP contribution in [0.15, 0.2) is 90.6 Å². The monoisotopic (exact) mass is 937 g/mol. The van der Waals surface area contributed by atoms with Crippen LogP contribution in [0, 0.1) is 6.92 Å². The first kappa shape index (κ1) is 46.9. The number of thioether (sulfide) groups is 1. The van der Waals surface area contributed by atoms with Gasteiger partial charge in [-0.1, -0.05) is 12.5 Å². The van der Waals surface area contributed by atoms with E-state index in [1.165, 1.54) is 61.2 Å². The molecular weight excluding hydrogens is 892 g/mol. The van der Waals surface area contributed by atoms with Gasteiger partial charge in [-0.3, -0.25) is 28.5 Å². The molecule has 0 saturated carbocycles. The average Bonchev–Trinajstić information content (AvgIpc) is 3.77. The summed E-state index contributed by atoms with van der Waals surface area (Å²) < 4.78 is 30.2. The van der Waals surface area contributed by atoms with Crippen molar-refractivity contribution in [3.05, 3.63) is 109 Å². The number of nitrogens with one attached hydrogen (secondary N) is 2. The van der Waals surface area contributed by atoms with Crippen molar-refractivity contribution in [2.75, 3.05) is 31.4 Å². The van der Waals surface area contributed by atoms with E-state index >= 15 is 0 Å². The Hall–Kier alpha value is -6.03. The van der Waals surface area contributed by atoms with Gasteiger partial charge in [-0.2, -0.15) is 18.5 Å². The first-order valence-corrected chi connectivity index (χ1v) is 22.8. The second kappa shape index (κ2) is 20.0. The molecule has 2 unspecified atom stereocenters. The number of benzene rings is 3. The van der Waals surface area contributed by atoms with Gasteiger partial charge in [0.05, 0.1) is 23.7 Å². The van der Waals surface area contributed by atoms with E-state index in [-0.39, 0.29) is 95.4 Å². The molecule has 0 spiro atoms. The van der Waals surface area contributed by atoms with Gasteiger partial charge in [-0.05, 0) is 61.7 Å². The fourth-order valence-electron chi connectivity index (χ4n) is 7.40. The summed E-state index contributed by atoms with van der Waals surface area (Å²) in [6.07, 6.45) is 0.0573. The number of aromatic nitrogens is 3. The average molecular weight is 938 g/mol. The SMILES string of the molecule is CO[P+](O)(OCCSc1cc(O)n(CCCCCC(=O)Nc2ccc(-c3c4ccc(=O)cc-4oc4cc(O)ccc34)c(C(=O)O)c2)c1O)OC[C@H]1O[C@@H](n2cc(C)c(=O)[nH]c2=O)CC1O. The van der Waals surface area contributed by atoms with Gasteiger partial charge in [-0.15, -0.1) is 11.8 Å². The van der Waals surface area contributed by atoms with Crippen LogP contribution in [-0.4, -0.2) is 94.7 Å². The fourth-order valence-corrected chi connectivity index (χ4v) is 9.28. The van der Waals surface area contributed by atoms with Gasteiger partial charge in [0.1, 0.15) is 42.6 Å². The van der Waals surface area contributed by atoms with Crippen molar-refractivity contribution in [2.45, 2.75) is 68.9 Å². The second-order valence-corrected chi connectivity index (χ2v) is 18.1. The first-order valence-electron chi connectivity index (χ1n) is 20.3. The Balaban J connectivity index is 0.864. The number of phenolic OH excluding ortho intramolecular Hbond substituents is 1. The molecule has 8 N–H and O–H groups in total. The van der Waals surface area contributed by atoms with Crippen molar-refractivity contribution < 1.29 is 62.7 Å². The minimum atomic E-state index is -3.88. The van der Waals surface area contributed by atoms with Crippen LogP contribution >= 0.6 is 19.9 Å². The smallest absolute Gasteiger partial charge is 0.508 e. The molecule has 1 aliphatic carbocycles. The van der Waals surface area contributed by atoms with E-state index in [9.17, 15) is 54.4 Å². The lowest BCUT2D eigenvalue weighted by Crippen LogP contribution is -2.33. The third-order valence-electron chi connectivity index (χ3n) is 10.7. The predicted molar refractivity (Wildman–Crippen MR) is 237 cm³/mol. The number of hydrogen-bond donors (Lipinski definition) is 8. The van der Waals surface area contributed by atoms with E-state index < -0.39 is 43.8 Å². The molecule has 4 heterocycles. The minimum absolute atomic E-state index is 0.0239. The molecule has 0 radical (unpaired) electrons. The van der Waals surface area contributed by atoms with E-state index in [1.807, 2.05) is 0 Å². The number of H-pyrrole nitrogens is 1. The highest BCUT2D eigenvalue weighted by Gasteiger charge is 2.46. The highest BCUT2D eigenvalue weighted by Crippen LogP contribution is 2.58. The molecule has 0 bridgehead atoms. The number of anilines is 1. The molecule has 7 rings (SSSR count). The molecule has 344 valence electrons. The lowest BCUT2D eigenvalue weighted by molar-refractivity contribution is -0.116. The van der Waals surface area contributed by atoms with Crippen molar-refractivity contribution in [2.24, 2.45) is 0 Å². The number of aliphatic hydroxyl groups excluding tert-OH is 1. The number of phenols is 1. The number of amides is 1. The fraction of sp³-hybridized carbons (Fsp3) is 0.326. The van der Waals surface area contributed by atoms with Crippen molar-refractivity contribution in [3.8, 4) is 40.0 Å². The number of aromatic hydroxyl groups is 3.